The second kappa shape index (κ2) is 9.30. The Morgan fingerprint density at radius 1 is 1.16 bits per heavy atom. The summed E-state index contributed by atoms with van der Waals surface area (Å²) in [6.45, 7) is 7.78. The molecule has 1 aromatic carbocycles. The maximum absolute atomic E-state index is 14.6. The Morgan fingerprint density at radius 2 is 2.00 bits per heavy atom. The topological polar surface area (TPSA) is 66.1 Å². The number of pyridine rings is 1. The van der Waals surface area contributed by atoms with Crippen molar-refractivity contribution in [1.82, 2.24) is 19.3 Å². The number of methoxy groups -OCH3 is 1. The fraction of sp³-hybridized carbons (Fsp3) is 0.333. The number of nitrogens with zero attached hydrogens (tertiary/aromatic N) is 4. The van der Waals surface area contributed by atoms with Gasteiger partial charge >= 0.3 is 0 Å². The van der Waals surface area contributed by atoms with Crippen LogP contribution in [0.4, 0.5) is 10.1 Å². The first-order valence-electron chi connectivity index (χ1n) is 10.8. The summed E-state index contributed by atoms with van der Waals surface area (Å²) in [4.78, 5) is 4.44. The van der Waals surface area contributed by atoms with Crippen LogP contribution in [0.5, 0.6) is 11.6 Å². The van der Waals surface area contributed by atoms with Gasteiger partial charge in [-0.25, -0.2) is 14.1 Å². The fourth-order valence-corrected chi connectivity index (χ4v) is 3.88. The Hall–Kier alpha value is -3.55. The number of hydrogen-bond donors (Lipinski definition) is 1. The zero-order chi connectivity index (χ0) is 22.7. The second-order valence-electron chi connectivity index (χ2n) is 7.47. The molecule has 3 heterocycles. The zero-order valence-electron chi connectivity index (χ0n) is 18.9. The standard InChI is InChI=1S/C24H28FN5O2/c1-5-17-15-30(28-24(17)32-6-2)22-14-18(9-10-27-22)26-11-12-29-16(3)13-19-21(31-4)8-7-20(25)23(19)29/h7-10,13-15H,5-6,11-12H2,1-4H3,(H,26,27). The molecule has 0 unspecified atom stereocenters. The van der Waals surface area contributed by atoms with Crippen LogP contribution in [-0.2, 0) is 13.0 Å². The van der Waals surface area contributed by atoms with E-state index in [2.05, 4.69) is 22.3 Å². The molecule has 0 amide bonds. The lowest BCUT2D eigenvalue weighted by atomic mass is 10.2. The maximum Gasteiger partial charge on any atom is 0.236 e. The maximum atomic E-state index is 14.6. The Labute approximate surface area is 186 Å². The van der Waals surface area contributed by atoms with E-state index in [1.54, 1.807) is 24.1 Å². The fourth-order valence-electron chi connectivity index (χ4n) is 3.88. The third-order valence-electron chi connectivity index (χ3n) is 5.45. The summed E-state index contributed by atoms with van der Waals surface area (Å²) < 4.78 is 29.3. The van der Waals surface area contributed by atoms with E-state index in [4.69, 9.17) is 9.47 Å². The number of aryl methyl sites for hydroxylation is 2. The van der Waals surface area contributed by atoms with Crippen molar-refractivity contribution < 1.29 is 13.9 Å². The number of ether oxygens (including phenoxy) is 2. The van der Waals surface area contributed by atoms with Crippen molar-refractivity contribution in [2.24, 2.45) is 0 Å². The molecule has 0 saturated carbocycles. The van der Waals surface area contributed by atoms with Crippen molar-refractivity contribution in [3.63, 3.8) is 0 Å². The second-order valence-corrected chi connectivity index (χ2v) is 7.47. The highest BCUT2D eigenvalue weighted by molar-refractivity contribution is 5.88. The van der Waals surface area contributed by atoms with Gasteiger partial charge in [0.05, 0.1) is 19.2 Å². The van der Waals surface area contributed by atoms with Crippen molar-refractivity contribution in [2.75, 3.05) is 25.6 Å². The molecule has 0 spiro atoms. The molecule has 32 heavy (non-hydrogen) atoms. The zero-order valence-corrected chi connectivity index (χ0v) is 18.9. The molecule has 0 atom stereocenters. The summed E-state index contributed by atoms with van der Waals surface area (Å²) in [6, 6.07) is 8.91. The average molecular weight is 438 g/mol. The van der Waals surface area contributed by atoms with Crippen LogP contribution in [0.25, 0.3) is 16.7 Å². The van der Waals surface area contributed by atoms with Gasteiger partial charge in [-0.15, -0.1) is 5.10 Å². The van der Waals surface area contributed by atoms with Gasteiger partial charge in [-0.2, -0.15) is 0 Å². The van der Waals surface area contributed by atoms with Gasteiger partial charge in [0.25, 0.3) is 0 Å². The number of aromatic nitrogens is 4. The van der Waals surface area contributed by atoms with Gasteiger partial charge in [-0.1, -0.05) is 6.92 Å². The molecule has 0 fully saturated rings. The number of benzene rings is 1. The summed E-state index contributed by atoms with van der Waals surface area (Å²) in [5, 5.41) is 8.71. The lowest BCUT2D eigenvalue weighted by Crippen LogP contribution is -2.12. The minimum Gasteiger partial charge on any atom is -0.496 e. The summed E-state index contributed by atoms with van der Waals surface area (Å²) in [7, 11) is 1.60. The third kappa shape index (κ3) is 4.12. The highest BCUT2D eigenvalue weighted by Crippen LogP contribution is 2.30. The van der Waals surface area contributed by atoms with Crippen LogP contribution in [0.2, 0.25) is 0 Å². The van der Waals surface area contributed by atoms with Crippen molar-refractivity contribution >= 4 is 16.6 Å². The smallest absolute Gasteiger partial charge is 0.236 e. The molecule has 1 N–H and O–H groups in total. The van der Waals surface area contributed by atoms with Gasteiger partial charge in [-0.3, -0.25) is 0 Å². The molecule has 0 aliphatic heterocycles. The molecule has 4 rings (SSSR count). The van der Waals surface area contributed by atoms with Crippen LogP contribution in [0.1, 0.15) is 25.1 Å². The summed E-state index contributed by atoms with van der Waals surface area (Å²) in [6.07, 6.45) is 4.52. The normalized spacial score (nSPS) is 11.2. The van der Waals surface area contributed by atoms with Crippen LogP contribution in [0.15, 0.2) is 42.7 Å². The van der Waals surface area contributed by atoms with Gasteiger partial charge in [0.15, 0.2) is 5.82 Å². The van der Waals surface area contributed by atoms with Crippen molar-refractivity contribution in [3.8, 4) is 17.4 Å². The Morgan fingerprint density at radius 3 is 2.75 bits per heavy atom. The highest BCUT2D eigenvalue weighted by atomic mass is 19.1. The first-order valence-corrected chi connectivity index (χ1v) is 10.8. The van der Waals surface area contributed by atoms with E-state index in [1.165, 1.54) is 6.07 Å². The van der Waals surface area contributed by atoms with Crippen LogP contribution < -0.4 is 14.8 Å². The predicted molar refractivity (Wildman–Crippen MR) is 124 cm³/mol. The van der Waals surface area contributed by atoms with E-state index >= 15 is 0 Å². The SMILES string of the molecule is CCOc1nn(-c2cc(NCCn3c(C)cc4c(OC)ccc(F)c43)ccn2)cc1CC. The average Bonchev–Trinajstić information content (AvgIpc) is 3.36. The van der Waals surface area contributed by atoms with Crippen LogP contribution in [0, 0.1) is 12.7 Å². The molecular weight excluding hydrogens is 409 g/mol. The molecule has 0 saturated heterocycles. The first kappa shape index (κ1) is 21.7. The molecule has 7 nitrogen and oxygen atoms in total. The Kier molecular flexibility index (Phi) is 6.30. The van der Waals surface area contributed by atoms with Gasteiger partial charge in [0, 0.05) is 53.9 Å². The lowest BCUT2D eigenvalue weighted by molar-refractivity contribution is 0.321. The molecule has 4 aromatic rings. The van der Waals surface area contributed by atoms with E-state index in [-0.39, 0.29) is 5.82 Å². The summed E-state index contributed by atoms with van der Waals surface area (Å²) in [5.41, 5.74) is 3.49. The number of hydrogen-bond acceptors (Lipinski definition) is 5. The van der Waals surface area contributed by atoms with E-state index < -0.39 is 0 Å². The van der Waals surface area contributed by atoms with Crippen LogP contribution in [-0.4, -0.2) is 39.6 Å². The van der Waals surface area contributed by atoms with Gasteiger partial charge in [0.1, 0.15) is 11.6 Å². The molecule has 0 aliphatic rings. The highest BCUT2D eigenvalue weighted by Gasteiger charge is 2.14. The van der Waals surface area contributed by atoms with E-state index in [9.17, 15) is 4.39 Å². The minimum atomic E-state index is -0.254. The number of fused-ring (bicyclic) bond motifs is 1. The van der Waals surface area contributed by atoms with Crippen LogP contribution in [0.3, 0.4) is 0 Å². The van der Waals surface area contributed by atoms with Crippen molar-refractivity contribution in [2.45, 2.75) is 33.7 Å². The minimum absolute atomic E-state index is 0.254. The monoisotopic (exact) mass is 437 g/mol. The molecule has 0 bridgehead atoms. The Bertz CT molecular complexity index is 1230. The molecule has 0 radical (unpaired) electrons. The third-order valence-corrected chi connectivity index (χ3v) is 5.45. The first-order chi connectivity index (χ1) is 15.5. The quantitative estimate of drug-likeness (QED) is 0.409. The number of nitrogens with one attached hydrogen (secondary N) is 1. The van der Waals surface area contributed by atoms with E-state index in [1.807, 2.05) is 42.8 Å². The van der Waals surface area contributed by atoms with Crippen molar-refractivity contribution in [3.05, 3.63) is 59.8 Å². The van der Waals surface area contributed by atoms with Crippen LogP contribution >= 0.6 is 0 Å². The summed E-state index contributed by atoms with van der Waals surface area (Å²) >= 11 is 0. The molecule has 3 aromatic heterocycles. The molecular formula is C24H28FN5O2. The lowest BCUT2D eigenvalue weighted by Gasteiger charge is -2.12. The predicted octanol–water partition coefficient (Wildman–Crippen LogP) is 4.75. The molecule has 0 aliphatic carbocycles. The van der Waals surface area contributed by atoms with Gasteiger partial charge in [0.2, 0.25) is 5.88 Å². The molecule has 168 valence electrons. The largest absolute Gasteiger partial charge is 0.496 e. The summed E-state index contributed by atoms with van der Waals surface area (Å²) in [5.74, 6) is 1.76. The van der Waals surface area contributed by atoms with E-state index in [0.29, 0.717) is 42.7 Å². The van der Waals surface area contributed by atoms with Crippen molar-refractivity contribution in [1.29, 1.82) is 0 Å². The molecule has 8 heteroatoms. The van der Waals surface area contributed by atoms with Gasteiger partial charge in [-0.05, 0) is 44.5 Å². The van der Waals surface area contributed by atoms with Gasteiger partial charge < -0.3 is 19.4 Å². The van der Waals surface area contributed by atoms with E-state index in [0.717, 1.165) is 28.8 Å². The Balaban J connectivity index is 1.51. The number of rotatable bonds is 9. The number of anilines is 1. The number of halogens is 1.